The van der Waals surface area contributed by atoms with Gasteiger partial charge in [0.25, 0.3) is 0 Å². The number of methoxy groups -OCH3 is 1. The third-order valence-electron chi connectivity index (χ3n) is 2.17. The molecule has 0 aliphatic carbocycles. The summed E-state index contributed by atoms with van der Waals surface area (Å²) in [5.74, 6) is 0. The molecule has 1 aromatic rings. The second kappa shape index (κ2) is 5.32. The van der Waals surface area contributed by atoms with Gasteiger partial charge in [-0.15, -0.1) is 0 Å². The molecule has 0 N–H and O–H groups in total. The Morgan fingerprint density at radius 2 is 2.29 bits per heavy atom. The lowest BCUT2D eigenvalue weighted by molar-refractivity contribution is 0.183. The largest absolute Gasteiger partial charge is 0.383 e. The number of hydrogen-bond donors (Lipinski definition) is 0. The lowest BCUT2D eigenvalue weighted by Crippen LogP contribution is -2.32. The van der Waals surface area contributed by atoms with Crippen LogP contribution in [0.25, 0.3) is 0 Å². The summed E-state index contributed by atoms with van der Waals surface area (Å²) < 4.78 is 6.09. The Morgan fingerprint density at radius 1 is 1.57 bits per heavy atom. The predicted octanol–water partition coefficient (Wildman–Crippen LogP) is 2.32. The first kappa shape index (κ1) is 11.5. The maximum absolute atomic E-state index is 5.10. The summed E-state index contributed by atoms with van der Waals surface area (Å²) in [6.07, 6.45) is 3.62. The summed E-state index contributed by atoms with van der Waals surface area (Å²) in [5, 5.41) is 0. The summed E-state index contributed by atoms with van der Waals surface area (Å²) in [5.41, 5.74) is 1.09. The molecule has 14 heavy (non-hydrogen) atoms. The van der Waals surface area contributed by atoms with E-state index in [0.29, 0.717) is 12.6 Å². The average molecular weight is 259 g/mol. The van der Waals surface area contributed by atoms with Crippen LogP contribution in [-0.4, -0.2) is 31.8 Å². The second-order valence-corrected chi connectivity index (χ2v) is 4.19. The maximum atomic E-state index is 5.10. The monoisotopic (exact) mass is 258 g/mol. The van der Waals surface area contributed by atoms with Crippen molar-refractivity contribution >= 4 is 21.6 Å². The highest BCUT2D eigenvalue weighted by Gasteiger charge is 2.09. The third-order valence-corrected chi connectivity index (χ3v) is 2.60. The Labute approximate surface area is 93.2 Å². The third kappa shape index (κ3) is 2.96. The summed E-state index contributed by atoms with van der Waals surface area (Å²) in [6, 6.07) is 2.38. The number of halogens is 1. The lowest BCUT2D eigenvalue weighted by Gasteiger charge is -2.26. The lowest BCUT2D eigenvalue weighted by atomic mass is 10.3. The van der Waals surface area contributed by atoms with Crippen molar-refractivity contribution in [2.75, 3.05) is 25.7 Å². The van der Waals surface area contributed by atoms with E-state index in [1.54, 1.807) is 13.3 Å². The first-order chi connectivity index (χ1) is 6.65. The van der Waals surface area contributed by atoms with E-state index < -0.39 is 0 Å². The van der Waals surface area contributed by atoms with Gasteiger partial charge in [0.05, 0.1) is 18.5 Å². The van der Waals surface area contributed by atoms with Crippen LogP contribution in [0.2, 0.25) is 0 Å². The van der Waals surface area contributed by atoms with Crippen molar-refractivity contribution in [2.45, 2.75) is 13.0 Å². The highest BCUT2D eigenvalue weighted by Crippen LogP contribution is 2.18. The van der Waals surface area contributed by atoms with Crippen LogP contribution in [0.5, 0.6) is 0 Å². The van der Waals surface area contributed by atoms with Gasteiger partial charge in [0.2, 0.25) is 0 Å². The van der Waals surface area contributed by atoms with Crippen LogP contribution in [0.15, 0.2) is 22.9 Å². The van der Waals surface area contributed by atoms with Gasteiger partial charge in [0.1, 0.15) is 0 Å². The molecule has 0 aliphatic heterocycles. The molecular formula is C10H15BrN2O. The van der Waals surface area contributed by atoms with Gasteiger partial charge in [-0.25, -0.2) is 0 Å². The number of ether oxygens (including phenoxy) is 1. The molecule has 0 bridgehead atoms. The van der Waals surface area contributed by atoms with Crippen LogP contribution in [-0.2, 0) is 4.74 Å². The normalized spacial score (nSPS) is 12.6. The van der Waals surface area contributed by atoms with E-state index >= 15 is 0 Å². The van der Waals surface area contributed by atoms with E-state index in [9.17, 15) is 0 Å². The number of aromatic nitrogens is 1. The Hall–Kier alpha value is -0.610. The molecule has 0 amide bonds. The standard InChI is InChI=1S/C10H15BrN2O/c1-8(7-14-3)13(2)10-4-9(11)5-12-6-10/h4-6,8H,7H2,1-3H3. The highest BCUT2D eigenvalue weighted by atomic mass is 79.9. The number of likely N-dealkylation sites (N-methyl/N-ethyl adjacent to an activating group) is 1. The molecule has 78 valence electrons. The molecule has 3 nitrogen and oxygen atoms in total. The van der Waals surface area contributed by atoms with Gasteiger partial charge in [-0.3, -0.25) is 4.98 Å². The zero-order valence-electron chi connectivity index (χ0n) is 8.70. The van der Waals surface area contributed by atoms with Gasteiger partial charge in [-0.1, -0.05) is 0 Å². The molecule has 1 aromatic heterocycles. The smallest absolute Gasteiger partial charge is 0.0663 e. The minimum atomic E-state index is 0.344. The first-order valence-corrected chi connectivity index (χ1v) is 5.26. The SMILES string of the molecule is COCC(C)N(C)c1cncc(Br)c1. The molecule has 0 spiro atoms. The molecular weight excluding hydrogens is 244 g/mol. The highest BCUT2D eigenvalue weighted by molar-refractivity contribution is 9.10. The van der Waals surface area contributed by atoms with Crippen LogP contribution < -0.4 is 4.90 Å². The fourth-order valence-corrected chi connectivity index (χ4v) is 1.55. The van der Waals surface area contributed by atoms with E-state index in [0.717, 1.165) is 10.2 Å². The zero-order valence-corrected chi connectivity index (χ0v) is 10.3. The van der Waals surface area contributed by atoms with E-state index in [-0.39, 0.29) is 0 Å². The van der Waals surface area contributed by atoms with Crippen molar-refractivity contribution in [3.05, 3.63) is 22.9 Å². The summed E-state index contributed by atoms with van der Waals surface area (Å²) >= 11 is 3.40. The molecule has 1 unspecified atom stereocenters. The van der Waals surface area contributed by atoms with Gasteiger partial charge >= 0.3 is 0 Å². The molecule has 1 atom stereocenters. The summed E-state index contributed by atoms with van der Waals surface area (Å²) in [7, 11) is 3.75. The number of nitrogens with zero attached hydrogens (tertiary/aromatic N) is 2. The van der Waals surface area contributed by atoms with E-state index in [2.05, 4.69) is 32.7 Å². The molecule has 1 rings (SSSR count). The quantitative estimate of drug-likeness (QED) is 0.829. The molecule has 0 radical (unpaired) electrons. The van der Waals surface area contributed by atoms with Gasteiger partial charge in [-0.05, 0) is 28.9 Å². The summed E-state index contributed by atoms with van der Waals surface area (Å²) in [4.78, 5) is 6.26. The van der Waals surface area contributed by atoms with E-state index in [4.69, 9.17) is 4.74 Å². The minimum Gasteiger partial charge on any atom is -0.383 e. The molecule has 1 heterocycles. The maximum Gasteiger partial charge on any atom is 0.0663 e. The molecule has 0 saturated carbocycles. The van der Waals surface area contributed by atoms with Crippen molar-refractivity contribution < 1.29 is 4.74 Å². The van der Waals surface area contributed by atoms with Gasteiger partial charge < -0.3 is 9.64 Å². The Bertz CT molecular complexity index is 293. The molecule has 4 heteroatoms. The van der Waals surface area contributed by atoms with Crippen molar-refractivity contribution in [2.24, 2.45) is 0 Å². The van der Waals surface area contributed by atoms with Crippen LogP contribution in [0, 0.1) is 0 Å². The van der Waals surface area contributed by atoms with Crippen LogP contribution in [0.3, 0.4) is 0 Å². The van der Waals surface area contributed by atoms with Gasteiger partial charge in [0, 0.05) is 30.9 Å². The van der Waals surface area contributed by atoms with Gasteiger partial charge in [-0.2, -0.15) is 0 Å². The number of anilines is 1. The Balaban J connectivity index is 2.73. The van der Waals surface area contributed by atoms with E-state index in [1.807, 2.05) is 19.3 Å². The summed E-state index contributed by atoms with van der Waals surface area (Å²) in [6.45, 7) is 2.83. The minimum absolute atomic E-state index is 0.344. The van der Waals surface area contributed by atoms with Crippen molar-refractivity contribution in [3.8, 4) is 0 Å². The number of hydrogen-bond acceptors (Lipinski definition) is 3. The van der Waals surface area contributed by atoms with Crippen LogP contribution >= 0.6 is 15.9 Å². The molecule has 0 aromatic carbocycles. The van der Waals surface area contributed by atoms with Crippen LogP contribution in [0.4, 0.5) is 5.69 Å². The van der Waals surface area contributed by atoms with E-state index in [1.165, 1.54) is 0 Å². The Morgan fingerprint density at radius 3 is 2.86 bits per heavy atom. The average Bonchev–Trinajstić information content (AvgIpc) is 2.17. The predicted molar refractivity (Wildman–Crippen MR) is 61.7 cm³/mol. The first-order valence-electron chi connectivity index (χ1n) is 4.47. The van der Waals surface area contributed by atoms with Crippen molar-refractivity contribution in [3.63, 3.8) is 0 Å². The van der Waals surface area contributed by atoms with Crippen molar-refractivity contribution in [1.29, 1.82) is 0 Å². The molecule has 0 aliphatic rings. The van der Waals surface area contributed by atoms with Crippen molar-refractivity contribution in [1.82, 2.24) is 4.98 Å². The van der Waals surface area contributed by atoms with Crippen LogP contribution in [0.1, 0.15) is 6.92 Å². The fraction of sp³-hybridized carbons (Fsp3) is 0.500. The fourth-order valence-electron chi connectivity index (χ4n) is 1.20. The number of rotatable bonds is 4. The molecule has 0 saturated heterocycles. The Kier molecular flexibility index (Phi) is 4.35. The zero-order chi connectivity index (χ0) is 10.6. The second-order valence-electron chi connectivity index (χ2n) is 3.28. The number of pyridine rings is 1. The van der Waals surface area contributed by atoms with Gasteiger partial charge in [0.15, 0.2) is 0 Å². The molecule has 0 fully saturated rings. The topological polar surface area (TPSA) is 25.4 Å².